The molecule has 0 aromatic carbocycles. The molecule has 1 saturated carbocycles. The summed E-state index contributed by atoms with van der Waals surface area (Å²) in [5.74, 6) is 2.30. The first-order valence-corrected chi connectivity index (χ1v) is 11.7. The number of aryl methyl sites for hydroxylation is 1. The fraction of sp³-hybridized carbons (Fsp3) is 0.500. The summed E-state index contributed by atoms with van der Waals surface area (Å²) < 4.78 is 15.0. The van der Waals surface area contributed by atoms with Crippen molar-refractivity contribution in [3.8, 4) is 11.1 Å². The molecular weight excluding hydrogens is 418 g/mol. The topological polar surface area (TPSA) is 91.4 Å². The van der Waals surface area contributed by atoms with Gasteiger partial charge in [0.2, 0.25) is 5.95 Å². The van der Waals surface area contributed by atoms with Crippen molar-refractivity contribution in [2.75, 3.05) is 32.2 Å². The number of rotatable bonds is 6. The Kier molecular flexibility index (Phi) is 5.22. The van der Waals surface area contributed by atoms with Gasteiger partial charge in [-0.3, -0.25) is 0 Å². The molecule has 0 unspecified atom stereocenters. The van der Waals surface area contributed by atoms with E-state index in [1.165, 1.54) is 0 Å². The van der Waals surface area contributed by atoms with Crippen LogP contribution in [0.25, 0.3) is 27.8 Å². The van der Waals surface area contributed by atoms with Crippen molar-refractivity contribution in [1.82, 2.24) is 29.1 Å². The quantitative estimate of drug-likeness (QED) is 0.482. The van der Waals surface area contributed by atoms with E-state index in [2.05, 4.69) is 44.0 Å². The lowest BCUT2D eigenvalue weighted by Gasteiger charge is -2.35. The van der Waals surface area contributed by atoms with Gasteiger partial charge in [0.15, 0.2) is 5.65 Å². The van der Waals surface area contributed by atoms with Crippen molar-refractivity contribution in [3.05, 3.63) is 36.5 Å². The summed E-state index contributed by atoms with van der Waals surface area (Å²) >= 11 is 0. The van der Waals surface area contributed by atoms with Crippen LogP contribution >= 0.6 is 0 Å². The number of nitrogens with zero attached hydrogens (tertiary/aromatic N) is 6. The third kappa shape index (κ3) is 3.75. The average Bonchev–Trinajstić information content (AvgIpc) is 3.37. The maximum absolute atomic E-state index is 5.56. The van der Waals surface area contributed by atoms with E-state index in [9.17, 15) is 0 Å². The average molecular weight is 448 g/mol. The normalized spacial score (nSPS) is 21.5. The van der Waals surface area contributed by atoms with Crippen LogP contribution in [0.5, 0.6) is 0 Å². The van der Waals surface area contributed by atoms with Crippen LogP contribution in [-0.2, 0) is 9.47 Å². The van der Waals surface area contributed by atoms with Gasteiger partial charge in [-0.1, -0.05) is 0 Å². The largest absolute Gasteiger partial charge is 0.384 e. The molecule has 0 atom stereocenters. The van der Waals surface area contributed by atoms with Gasteiger partial charge in [-0.05, 0) is 50.7 Å². The van der Waals surface area contributed by atoms with Crippen molar-refractivity contribution < 1.29 is 9.47 Å². The number of anilines is 1. The van der Waals surface area contributed by atoms with Crippen LogP contribution in [-0.4, -0.2) is 62.1 Å². The molecule has 9 nitrogen and oxygen atoms in total. The fourth-order valence-electron chi connectivity index (χ4n) is 5.26. The van der Waals surface area contributed by atoms with Crippen molar-refractivity contribution in [3.63, 3.8) is 0 Å². The van der Waals surface area contributed by atoms with E-state index in [1.807, 2.05) is 23.1 Å². The van der Waals surface area contributed by atoms with Gasteiger partial charge < -0.3 is 19.4 Å². The minimum Gasteiger partial charge on any atom is -0.384 e. The Morgan fingerprint density at radius 2 is 2.00 bits per heavy atom. The van der Waals surface area contributed by atoms with Crippen molar-refractivity contribution >= 4 is 22.6 Å². The van der Waals surface area contributed by atoms with Gasteiger partial charge in [-0.2, -0.15) is 0 Å². The van der Waals surface area contributed by atoms with E-state index in [1.54, 1.807) is 7.11 Å². The first-order chi connectivity index (χ1) is 16.2. The van der Waals surface area contributed by atoms with E-state index in [0.29, 0.717) is 23.9 Å². The first-order valence-electron chi connectivity index (χ1n) is 11.7. The number of ether oxygens (including phenoxy) is 2. The third-order valence-electron chi connectivity index (χ3n) is 6.98. The maximum atomic E-state index is 5.56. The number of hydrogen-bond acceptors (Lipinski definition) is 7. The van der Waals surface area contributed by atoms with Crippen LogP contribution in [0.15, 0.2) is 30.7 Å². The van der Waals surface area contributed by atoms with Crippen LogP contribution in [0.4, 0.5) is 5.95 Å². The number of pyridine rings is 1. The predicted molar refractivity (Wildman–Crippen MR) is 125 cm³/mol. The zero-order valence-corrected chi connectivity index (χ0v) is 19.1. The summed E-state index contributed by atoms with van der Waals surface area (Å²) in [6, 6.07) is 5.09. The molecule has 4 aromatic rings. The highest BCUT2D eigenvalue weighted by Gasteiger charge is 2.29. The number of nitrogens with one attached hydrogen (secondary N) is 1. The Labute approximate surface area is 192 Å². The molecule has 1 N–H and O–H groups in total. The van der Waals surface area contributed by atoms with E-state index in [-0.39, 0.29) is 0 Å². The number of methoxy groups -OCH3 is 1. The van der Waals surface area contributed by atoms with Crippen molar-refractivity contribution in [1.29, 1.82) is 0 Å². The number of aromatic nitrogens is 6. The molecule has 4 aromatic heterocycles. The van der Waals surface area contributed by atoms with Crippen LogP contribution in [0.2, 0.25) is 0 Å². The minimum absolute atomic E-state index is 0.401. The van der Waals surface area contributed by atoms with E-state index in [4.69, 9.17) is 14.5 Å². The molecule has 1 aliphatic heterocycles. The monoisotopic (exact) mass is 447 g/mol. The summed E-state index contributed by atoms with van der Waals surface area (Å²) in [6.45, 7) is 4.47. The van der Waals surface area contributed by atoms with Gasteiger partial charge >= 0.3 is 0 Å². The Balaban J connectivity index is 1.29. The van der Waals surface area contributed by atoms with E-state index < -0.39 is 0 Å². The SMILES string of the molecule is COCC1CC(Nc2ncc3c(-c4cnc5nc(C)n(C6CCOCC6)c5c4)ccn3n2)C1. The standard InChI is InChI=1S/C24H29N7O2/c1-15-27-23-21(31(15)19-4-7-33-8-5-19)11-17(12-25-23)20-3-6-30-22(20)13-26-24(29-30)28-18-9-16(10-18)14-32-2/h3,6,11-13,16,18-19H,4-5,7-10,14H2,1-2H3,(H,28,29). The highest BCUT2D eigenvalue weighted by Crippen LogP contribution is 2.32. The fourth-order valence-corrected chi connectivity index (χ4v) is 5.26. The molecule has 1 aliphatic carbocycles. The molecule has 0 spiro atoms. The number of hydrogen-bond donors (Lipinski definition) is 1. The lowest BCUT2D eigenvalue weighted by Crippen LogP contribution is -2.38. The lowest BCUT2D eigenvalue weighted by atomic mass is 9.81. The van der Waals surface area contributed by atoms with Gasteiger partial charge in [0.1, 0.15) is 5.82 Å². The molecule has 172 valence electrons. The summed E-state index contributed by atoms with van der Waals surface area (Å²) in [5.41, 5.74) is 4.94. The second kappa shape index (κ2) is 8.39. The summed E-state index contributed by atoms with van der Waals surface area (Å²) in [5, 5.41) is 8.13. The molecule has 6 rings (SSSR count). The molecule has 0 bridgehead atoms. The zero-order chi connectivity index (χ0) is 22.4. The molecule has 2 aliphatic rings. The van der Waals surface area contributed by atoms with Crippen LogP contribution < -0.4 is 5.32 Å². The Morgan fingerprint density at radius 3 is 2.82 bits per heavy atom. The van der Waals surface area contributed by atoms with E-state index in [0.717, 1.165) is 79.1 Å². The Hall–Kier alpha value is -3.04. The molecule has 2 fully saturated rings. The van der Waals surface area contributed by atoms with Gasteiger partial charge in [0.25, 0.3) is 0 Å². The minimum atomic E-state index is 0.401. The van der Waals surface area contributed by atoms with Gasteiger partial charge in [-0.25, -0.2) is 19.5 Å². The van der Waals surface area contributed by atoms with Gasteiger partial charge in [0, 0.05) is 62.5 Å². The van der Waals surface area contributed by atoms with Crippen LogP contribution in [0.1, 0.15) is 37.5 Å². The molecule has 5 heterocycles. The molecule has 1 saturated heterocycles. The van der Waals surface area contributed by atoms with Crippen molar-refractivity contribution in [2.45, 2.75) is 44.7 Å². The van der Waals surface area contributed by atoms with Crippen molar-refractivity contribution in [2.24, 2.45) is 5.92 Å². The van der Waals surface area contributed by atoms with Gasteiger partial charge in [0.05, 0.1) is 17.2 Å². The highest BCUT2D eigenvalue weighted by molar-refractivity contribution is 5.85. The smallest absolute Gasteiger partial charge is 0.241 e. The van der Waals surface area contributed by atoms with Crippen LogP contribution in [0.3, 0.4) is 0 Å². The third-order valence-corrected chi connectivity index (χ3v) is 6.98. The Morgan fingerprint density at radius 1 is 1.15 bits per heavy atom. The van der Waals surface area contributed by atoms with Gasteiger partial charge in [-0.15, -0.1) is 5.10 Å². The number of fused-ring (bicyclic) bond motifs is 2. The summed E-state index contributed by atoms with van der Waals surface area (Å²) in [4.78, 5) is 14.0. The first kappa shape index (κ1) is 20.6. The second-order valence-corrected chi connectivity index (χ2v) is 9.21. The second-order valence-electron chi connectivity index (χ2n) is 9.21. The highest BCUT2D eigenvalue weighted by atomic mass is 16.5. The molecule has 33 heavy (non-hydrogen) atoms. The summed E-state index contributed by atoms with van der Waals surface area (Å²) in [6.07, 6.45) is 9.97. The predicted octanol–water partition coefficient (Wildman–Crippen LogP) is 3.64. The maximum Gasteiger partial charge on any atom is 0.241 e. The summed E-state index contributed by atoms with van der Waals surface area (Å²) in [7, 11) is 1.76. The lowest BCUT2D eigenvalue weighted by molar-refractivity contribution is 0.0701. The molecule has 0 amide bonds. The molecule has 0 radical (unpaired) electrons. The molecular formula is C24H29N7O2. The number of imidazole rings is 1. The Bertz CT molecular complexity index is 1280. The zero-order valence-electron chi connectivity index (χ0n) is 19.1. The van der Waals surface area contributed by atoms with E-state index >= 15 is 0 Å². The molecule has 9 heteroatoms. The van der Waals surface area contributed by atoms with Crippen LogP contribution in [0, 0.1) is 12.8 Å².